The molecule has 0 saturated carbocycles. The summed E-state index contributed by atoms with van der Waals surface area (Å²) in [6.45, 7) is 4.38. The molecule has 5 heteroatoms. The van der Waals surface area contributed by atoms with Crippen molar-refractivity contribution in [3.05, 3.63) is 47.5 Å². The minimum Gasteiger partial charge on any atom is -0.495 e. The predicted molar refractivity (Wildman–Crippen MR) is 89.8 cm³/mol. The zero-order chi connectivity index (χ0) is 16.8. The van der Waals surface area contributed by atoms with Crippen LogP contribution < -0.4 is 19.5 Å². The molecule has 2 aromatic carbocycles. The first-order valence-electron chi connectivity index (χ1n) is 7.35. The third-order valence-corrected chi connectivity index (χ3v) is 3.33. The number of aryl methyl sites for hydroxylation is 1. The normalized spacial score (nSPS) is 10.1. The monoisotopic (exact) mass is 315 g/mol. The maximum absolute atomic E-state index is 12.5. The number of hydrogen-bond donors (Lipinski definition) is 1. The van der Waals surface area contributed by atoms with Gasteiger partial charge in [-0.15, -0.1) is 0 Å². The van der Waals surface area contributed by atoms with Crippen LogP contribution in [0, 0.1) is 6.92 Å². The topological polar surface area (TPSA) is 56.8 Å². The summed E-state index contributed by atoms with van der Waals surface area (Å²) in [6.07, 6.45) is 0. The standard InChI is InChI=1S/C18H21NO4/c1-5-23-16-9-7-13(11-17(16)22-4)18(20)19-14-10-12(2)6-8-15(14)21-3/h6-11H,5H2,1-4H3,(H,19,20). The Kier molecular flexibility index (Phi) is 5.46. The molecular weight excluding hydrogens is 294 g/mol. The van der Waals surface area contributed by atoms with Crippen molar-refractivity contribution < 1.29 is 19.0 Å². The van der Waals surface area contributed by atoms with E-state index in [1.807, 2.05) is 32.0 Å². The number of benzene rings is 2. The number of nitrogens with one attached hydrogen (secondary N) is 1. The van der Waals surface area contributed by atoms with Crippen molar-refractivity contribution in [1.29, 1.82) is 0 Å². The van der Waals surface area contributed by atoms with Crippen LogP contribution in [0.25, 0.3) is 0 Å². The molecule has 122 valence electrons. The Morgan fingerprint density at radius 2 is 1.70 bits per heavy atom. The van der Waals surface area contributed by atoms with Gasteiger partial charge in [0.1, 0.15) is 5.75 Å². The molecular formula is C18H21NO4. The molecule has 0 atom stereocenters. The maximum Gasteiger partial charge on any atom is 0.255 e. The van der Waals surface area contributed by atoms with Gasteiger partial charge in [0.25, 0.3) is 5.91 Å². The van der Waals surface area contributed by atoms with Crippen LogP contribution in [-0.4, -0.2) is 26.7 Å². The summed E-state index contributed by atoms with van der Waals surface area (Å²) in [7, 11) is 3.11. The number of hydrogen-bond acceptors (Lipinski definition) is 4. The summed E-state index contributed by atoms with van der Waals surface area (Å²) >= 11 is 0. The Hall–Kier alpha value is -2.69. The van der Waals surface area contributed by atoms with E-state index in [1.54, 1.807) is 32.4 Å². The van der Waals surface area contributed by atoms with Crippen molar-refractivity contribution in [3.8, 4) is 17.2 Å². The van der Waals surface area contributed by atoms with Crippen LogP contribution in [0.5, 0.6) is 17.2 Å². The predicted octanol–water partition coefficient (Wildman–Crippen LogP) is 3.66. The Labute approximate surface area is 136 Å². The molecule has 0 aliphatic carbocycles. The quantitative estimate of drug-likeness (QED) is 0.884. The number of amides is 1. The summed E-state index contributed by atoms with van der Waals surface area (Å²) in [4.78, 5) is 12.5. The van der Waals surface area contributed by atoms with E-state index in [9.17, 15) is 4.79 Å². The Bertz CT molecular complexity index is 697. The number of ether oxygens (including phenoxy) is 3. The van der Waals surface area contributed by atoms with E-state index in [4.69, 9.17) is 14.2 Å². The molecule has 0 spiro atoms. The van der Waals surface area contributed by atoms with Crippen molar-refractivity contribution in [3.63, 3.8) is 0 Å². The molecule has 23 heavy (non-hydrogen) atoms. The SMILES string of the molecule is CCOc1ccc(C(=O)Nc2cc(C)ccc2OC)cc1OC. The fourth-order valence-corrected chi connectivity index (χ4v) is 2.20. The molecule has 0 fully saturated rings. The van der Waals surface area contributed by atoms with Gasteiger partial charge in [-0.1, -0.05) is 6.07 Å². The van der Waals surface area contributed by atoms with Crippen LogP contribution in [-0.2, 0) is 0 Å². The molecule has 0 saturated heterocycles. The van der Waals surface area contributed by atoms with Gasteiger partial charge < -0.3 is 19.5 Å². The van der Waals surface area contributed by atoms with Gasteiger partial charge in [-0.25, -0.2) is 0 Å². The van der Waals surface area contributed by atoms with Gasteiger partial charge >= 0.3 is 0 Å². The third-order valence-electron chi connectivity index (χ3n) is 3.33. The Morgan fingerprint density at radius 3 is 2.35 bits per heavy atom. The first kappa shape index (κ1) is 16.7. The highest BCUT2D eigenvalue weighted by Gasteiger charge is 2.13. The smallest absolute Gasteiger partial charge is 0.255 e. The number of carbonyl (C=O) groups excluding carboxylic acids is 1. The van der Waals surface area contributed by atoms with E-state index < -0.39 is 0 Å². The lowest BCUT2D eigenvalue weighted by Crippen LogP contribution is -2.13. The molecule has 1 amide bonds. The van der Waals surface area contributed by atoms with Crippen LogP contribution in [0.15, 0.2) is 36.4 Å². The van der Waals surface area contributed by atoms with Crippen LogP contribution in [0.2, 0.25) is 0 Å². The summed E-state index contributed by atoms with van der Waals surface area (Å²) < 4.78 is 16.0. The Morgan fingerprint density at radius 1 is 1.00 bits per heavy atom. The molecule has 0 unspecified atom stereocenters. The maximum atomic E-state index is 12.5. The molecule has 0 aromatic heterocycles. The van der Waals surface area contributed by atoms with Crippen LogP contribution in [0.1, 0.15) is 22.8 Å². The zero-order valence-electron chi connectivity index (χ0n) is 13.8. The fraction of sp³-hybridized carbons (Fsp3) is 0.278. The van der Waals surface area contributed by atoms with Crippen LogP contribution in [0.4, 0.5) is 5.69 Å². The molecule has 0 aliphatic rings. The van der Waals surface area contributed by atoms with Crippen molar-refractivity contribution in [2.45, 2.75) is 13.8 Å². The highest BCUT2D eigenvalue weighted by Crippen LogP contribution is 2.29. The van der Waals surface area contributed by atoms with Gasteiger partial charge in [-0.2, -0.15) is 0 Å². The van der Waals surface area contributed by atoms with E-state index in [2.05, 4.69) is 5.32 Å². The van der Waals surface area contributed by atoms with E-state index >= 15 is 0 Å². The first-order chi connectivity index (χ1) is 11.1. The van der Waals surface area contributed by atoms with Gasteiger partial charge in [0.15, 0.2) is 11.5 Å². The molecule has 1 N–H and O–H groups in total. The summed E-state index contributed by atoms with van der Waals surface area (Å²) in [5, 5.41) is 2.86. The average Bonchev–Trinajstić information content (AvgIpc) is 2.55. The second-order valence-electron chi connectivity index (χ2n) is 4.96. The average molecular weight is 315 g/mol. The third kappa shape index (κ3) is 3.94. The van der Waals surface area contributed by atoms with Gasteiger partial charge in [0.2, 0.25) is 0 Å². The van der Waals surface area contributed by atoms with Gasteiger partial charge in [-0.3, -0.25) is 4.79 Å². The lowest BCUT2D eigenvalue weighted by atomic mass is 10.1. The summed E-state index contributed by atoms with van der Waals surface area (Å²) in [6, 6.07) is 10.7. The molecule has 2 aromatic rings. The van der Waals surface area contributed by atoms with Crippen molar-refractivity contribution >= 4 is 11.6 Å². The lowest BCUT2D eigenvalue weighted by Gasteiger charge is -2.13. The van der Waals surface area contributed by atoms with Crippen molar-refractivity contribution in [2.24, 2.45) is 0 Å². The molecule has 0 heterocycles. The highest BCUT2D eigenvalue weighted by atomic mass is 16.5. The number of anilines is 1. The summed E-state index contributed by atoms with van der Waals surface area (Å²) in [5.41, 5.74) is 2.14. The second-order valence-corrected chi connectivity index (χ2v) is 4.96. The second kappa shape index (κ2) is 7.54. The van der Waals surface area contributed by atoms with Crippen LogP contribution in [0.3, 0.4) is 0 Å². The molecule has 0 bridgehead atoms. The number of rotatable bonds is 6. The van der Waals surface area contributed by atoms with Gasteiger partial charge in [0, 0.05) is 5.56 Å². The Balaban J connectivity index is 2.26. The number of methoxy groups -OCH3 is 2. The first-order valence-corrected chi connectivity index (χ1v) is 7.35. The lowest BCUT2D eigenvalue weighted by molar-refractivity contribution is 0.102. The van der Waals surface area contributed by atoms with Crippen LogP contribution >= 0.6 is 0 Å². The molecule has 0 aliphatic heterocycles. The number of carbonyl (C=O) groups is 1. The zero-order valence-corrected chi connectivity index (χ0v) is 13.8. The minimum atomic E-state index is -0.241. The van der Waals surface area contributed by atoms with Gasteiger partial charge in [0.05, 0.1) is 26.5 Å². The van der Waals surface area contributed by atoms with E-state index in [1.165, 1.54) is 0 Å². The van der Waals surface area contributed by atoms with Gasteiger partial charge in [-0.05, 0) is 49.7 Å². The summed E-state index contributed by atoms with van der Waals surface area (Å²) in [5.74, 6) is 1.51. The van der Waals surface area contributed by atoms with Crippen molar-refractivity contribution in [1.82, 2.24) is 0 Å². The van der Waals surface area contributed by atoms with E-state index in [0.717, 1.165) is 5.56 Å². The van der Waals surface area contributed by atoms with E-state index in [-0.39, 0.29) is 5.91 Å². The molecule has 5 nitrogen and oxygen atoms in total. The largest absolute Gasteiger partial charge is 0.495 e. The fourth-order valence-electron chi connectivity index (χ4n) is 2.20. The molecule has 0 radical (unpaired) electrons. The minimum absolute atomic E-state index is 0.241. The van der Waals surface area contributed by atoms with Crippen molar-refractivity contribution in [2.75, 3.05) is 26.1 Å². The molecule has 2 rings (SSSR count). The highest BCUT2D eigenvalue weighted by molar-refractivity contribution is 6.05. The van der Waals surface area contributed by atoms with E-state index in [0.29, 0.717) is 35.1 Å².